The van der Waals surface area contributed by atoms with Gasteiger partial charge < -0.3 is 24.9 Å². The number of rotatable bonds is 3. The van der Waals surface area contributed by atoms with Crippen LogP contribution in [-0.2, 0) is 0 Å². The van der Waals surface area contributed by atoms with Gasteiger partial charge in [0.2, 0.25) is 0 Å². The maximum absolute atomic E-state index is 8.40. The Morgan fingerprint density at radius 2 is 2.42 bits per heavy atom. The fourth-order valence-electron chi connectivity index (χ4n) is 1.52. The van der Waals surface area contributed by atoms with Crippen LogP contribution < -0.4 is 10.1 Å². The molecule has 0 bridgehead atoms. The van der Waals surface area contributed by atoms with Crippen LogP contribution in [0, 0.1) is 0 Å². The third-order valence-corrected chi connectivity index (χ3v) is 2.50. The summed E-state index contributed by atoms with van der Waals surface area (Å²) in [5.41, 5.74) is 1.44. The lowest BCUT2D eigenvalue weighted by atomic mass is 10.1. The van der Waals surface area contributed by atoms with Crippen molar-refractivity contribution in [2.45, 2.75) is 0 Å². The van der Waals surface area contributed by atoms with E-state index in [0.717, 1.165) is 5.56 Å². The first-order chi connectivity index (χ1) is 9.24. The zero-order valence-electron chi connectivity index (χ0n) is 9.95. The highest BCUT2D eigenvalue weighted by atomic mass is 32.1. The molecule has 0 aliphatic carbocycles. The van der Waals surface area contributed by atoms with E-state index >= 15 is 0 Å². The number of aliphatic imine (C=N–C) groups is 1. The number of hydrogen-bond acceptors (Lipinski definition) is 4. The maximum atomic E-state index is 8.40. The Morgan fingerprint density at radius 3 is 3.05 bits per heavy atom. The number of nitrogens with one attached hydrogen (secondary N) is 1. The normalized spacial score (nSPS) is 9.53. The van der Waals surface area contributed by atoms with E-state index < -0.39 is 0 Å². The van der Waals surface area contributed by atoms with Crippen molar-refractivity contribution in [1.82, 2.24) is 4.98 Å². The average molecular weight is 273 g/mol. The van der Waals surface area contributed by atoms with Crippen molar-refractivity contribution in [3.63, 3.8) is 0 Å². The molecule has 2 aromatic rings. The highest BCUT2D eigenvalue weighted by molar-refractivity contribution is 7.80. The lowest BCUT2D eigenvalue weighted by Crippen LogP contribution is -2.05. The van der Waals surface area contributed by atoms with Crippen LogP contribution >= 0.6 is 12.2 Å². The van der Waals surface area contributed by atoms with Crippen molar-refractivity contribution < 1.29 is 9.15 Å². The van der Waals surface area contributed by atoms with Crippen molar-refractivity contribution >= 4 is 29.0 Å². The highest BCUT2D eigenvalue weighted by Crippen LogP contribution is 2.32. The van der Waals surface area contributed by atoms with Crippen molar-refractivity contribution in [1.29, 1.82) is 0 Å². The Morgan fingerprint density at radius 1 is 1.58 bits per heavy atom. The molecule has 0 radical (unpaired) electrons. The van der Waals surface area contributed by atoms with E-state index in [0.29, 0.717) is 17.2 Å². The summed E-state index contributed by atoms with van der Waals surface area (Å²) in [4.78, 5) is 7.26. The molecule has 1 N–H and O–H groups in total. The summed E-state index contributed by atoms with van der Waals surface area (Å²) in [6, 6.07) is 6.93. The van der Waals surface area contributed by atoms with Gasteiger partial charge in [-0.05, 0) is 12.1 Å². The van der Waals surface area contributed by atoms with Crippen molar-refractivity contribution in [3.05, 3.63) is 36.2 Å². The Kier molecular flexibility index (Phi) is 4.02. The number of nitrogens with zero attached hydrogens (tertiary/aromatic N) is 3. The lowest BCUT2D eigenvalue weighted by molar-refractivity contribution is 0.415. The van der Waals surface area contributed by atoms with Gasteiger partial charge in [0, 0.05) is 11.8 Å². The Hall–Kier alpha value is -2.50. The highest BCUT2D eigenvalue weighted by Gasteiger charge is 2.09. The summed E-state index contributed by atoms with van der Waals surface area (Å²) in [5.74, 6) is 1.20. The average Bonchev–Trinajstić information content (AvgIpc) is 2.92. The van der Waals surface area contributed by atoms with Crippen LogP contribution in [0.15, 0.2) is 40.2 Å². The second-order valence-electron chi connectivity index (χ2n) is 3.42. The molecule has 6 nitrogen and oxygen atoms in total. The Labute approximate surface area is 114 Å². The Bertz CT molecular complexity index is 633. The predicted molar refractivity (Wildman–Crippen MR) is 75.5 cm³/mol. The number of ether oxygens (including phenoxy) is 1. The summed E-state index contributed by atoms with van der Waals surface area (Å²) in [6.07, 6.45) is 2.95. The predicted octanol–water partition coefficient (Wildman–Crippen LogP) is 2.79. The van der Waals surface area contributed by atoms with E-state index in [4.69, 9.17) is 26.8 Å². The van der Waals surface area contributed by atoms with Crippen molar-refractivity contribution in [2.24, 2.45) is 4.99 Å². The van der Waals surface area contributed by atoms with E-state index in [1.54, 1.807) is 37.5 Å². The van der Waals surface area contributed by atoms with Gasteiger partial charge in [-0.3, -0.25) is 0 Å². The van der Waals surface area contributed by atoms with Gasteiger partial charge in [-0.2, -0.15) is 0 Å². The van der Waals surface area contributed by atoms with Crippen LogP contribution in [0.2, 0.25) is 0 Å². The first-order valence-corrected chi connectivity index (χ1v) is 5.63. The molecule has 0 saturated heterocycles. The molecule has 0 atom stereocenters. The molecule has 1 aromatic heterocycles. The van der Waals surface area contributed by atoms with Gasteiger partial charge in [-0.15, -0.1) is 6.01 Å². The smallest absolute Gasteiger partial charge is 0.181 e. The minimum Gasteiger partial charge on any atom is -0.496 e. The largest absolute Gasteiger partial charge is 0.496 e. The number of oxazole rings is 1. The van der Waals surface area contributed by atoms with Crippen LogP contribution in [0.1, 0.15) is 0 Å². The van der Waals surface area contributed by atoms with E-state index in [1.807, 2.05) is 0 Å². The van der Waals surface area contributed by atoms with Crippen LogP contribution in [0.4, 0.5) is 5.69 Å². The van der Waals surface area contributed by atoms with Gasteiger partial charge in [-0.25, -0.2) is 4.98 Å². The van der Waals surface area contributed by atoms with Crippen LogP contribution in [0.25, 0.3) is 16.7 Å². The van der Waals surface area contributed by atoms with Gasteiger partial charge in [-0.1, -0.05) is 12.2 Å². The Balaban J connectivity index is 2.31. The molecule has 1 heterocycles. The molecule has 0 fully saturated rings. The number of benzene rings is 1. The van der Waals surface area contributed by atoms with Gasteiger partial charge in [0.15, 0.2) is 12.2 Å². The number of thiocarbonyl (C=S) groups is 1. The molecule has 0 amide bonds. The third kappa shape index (κ3) is 3.04. The molecule has 96 valence electrons. The molecule has 19 heavy (non-hydrogen) atoms. The number of hydrogen-bond donors (Lipinski definition) is 1. The number of methoxy groups -OCH3 is 1. The van der Waals surface area contributed by atoms with Gasteiger partial charge in [0.1, 0.15) is 5.75 Å². The summed E-state index contributed by atoms with van der Waals surface area (Å²) in [7, 11) is 1.55. The zero-order valence-corrected chi connectivity index (χ0v) is 10.8. The summed E-state index contributed by atoms with van der Waals surface area (Å²) < 4.78 is 10.5. The van der Waals surface area contributed by atoms with Gasteiger partial charge in [0.05, 0.1) is 24.0 Å². The zero-order chi connectivity index (χ0) is 13.7. The van der Waals surface area contributed by atoms with Gasteiger partial charge >= 0.3 is 0 Å². The molecule has 0 unspecified atom stereocenters. The molecular formula is C12H9N4O2S-. The third-order valence-electron chi connectivity index (χ3n) is 2.30. The molecule has 0 spiro atoms. The van der Waals surface area contributed by atoms with E-state index in [9.17, 15) is 0 Å². The number of anilines is 1. The molecule has 1 aromatic carbocycles. The fourth-order valence-corrected chi connectivity index (χ4v) is 1.68. The lowest BCUT2D eigenvalue weighted by Gasteiger charge is -2.11. The topological polar surface area (TPSA) is 82.0 Å². The summed E-state index contributed by atoms with van der Waals surface area (Å²) in [6.45, 7) is 0. The first-order valence-electron chi connectivity index (χ1n) is 5.22. The fraction of sp³-hybridized carbons (Fsp3) is 0.0833. The minimum absolute atomic E-state index is 0.0944. The maximum Gasteiger partial charge on any atom is 0.181 e. The second-order valence-corrected chi connectivity index (χ2v) is 3.81. The summed E-state index contributed by atoms with van der Waals surface area (Å²) >= 11 is 4.86. The monoisotopic (exact) mass is 273 g/mol. The molecular weight excluding hydrogens is 264 g/mol. The summed E-state index contributed by atoms with van der Waals surface area (Å²) in [5, 5.41) is 11.3. The number of aromatic nitrogens is 1. The minimum atomic E-state index is 0.0944. The quantitative estimate of drug-likeness (QED) is 0.686. The van der Waals surface area contributed by atoms with Crippen LogP contribution in [0.3, 0.4) is 0 Å². The van der Waals surface area contributed by atoms with Crippen LogP contribution in [0.5, 0.6) is 5.75 Å². The molecule has 0 saturated carbocycles. The SMILES string of the molecule is COc1cc(NC(=S)N=C=[N-])ccc1-c1cnco1. The molecule has 0 aliphatic rings. The first kappa shape index (κ1) is 12.9. The van der Waals surface area contributed by atoms with Crippen molar-refractivity contribution in [2.75, 3.05) is 12.4 Å². The molecule has 0 aliphatic heterocycles. The standard InChI is InChI=1S/C12H9N4O2S/c1-17-10-4-8(16-12(19)15-6-13)2-3-9(10)11-5-14-7-18-11/h2-5,7H,1H3,(H,16,19)/q-1. The molecule has 2 rings (SSSR count). The van der Waals surface area contributed by atoms with Gasteiger partial charge in [0.25, 0.3) is 0 Å². The van der Waals surface area contributed by atoms with Crippen molar-refractivity contribution in [3.8, 4) is 17.1 Å². The van der Waals surface area contributed by atoms with E-state index in [2.05, 4.69) is 15.3 Å². The van der Waals surface area contributed by atoms with E-state index in [-0.39, 0.29) is 5.11 Å². The second kappa shape index (κ2) is 5.90. The molecule has 7 heteroatoms. The van der Waals surface area contributed by atoms with Crippen LogP contribution in [-0.4, -0.2) is 23.2 Å². The van der Waals surface area contributed by atoms with E-state index in [1.165, 1.54) is 6.39 Å².